The van der Waals surface area contributed by atoms with Gasteiger partial charge in [-0.2, -0.15) is 0 Å². The van der Waals surface area contributed by atoms with Gasteiger partial charge in [0.2, 0.25) is 0 Å². The average molecular weight is 216 g/mol. The molecule has 0 aromatic carbocycles. The van der Waals surface area contributed by atoms with Crippen molar-refractivity contribution in [2.75, 3.05) is 14.2 Å². The van der Waals surface area contributed by atoms with E-state index < -0.39 is 12.3 Å². The first-order valence-corrected chi connectivity index (χ1v) is 5.01. The Labute approximate surface area is 88.7 Å². The lowest BCUT2D eigenvalue weighted by atomic mass is 9.86. The molecule has 5 nitrogen and oxygen atoms in total. The fourth-order valence-electron chi connectivity index (χ4n) is 1.83. The molecule has 2 unspecified atom stereocenters. The Bertz CT molecular complexity index is 238. The smallest absolute Gasteiger partial charge is 0.469 e. The van der Waals surface area contributed by atoms with Crippen LogP contribution in [0.2, 0.25) is 0 Å². The van der Waals surface area contributed by atoms with E-state index in [4.69, 9.17) is 4.74 Å². The van der Waals surface area contributed by atoms with Crippen LogP contribution in [-0.2, 0) is 19.0 Å². The summed E-state index contributed by atoms with van der Waals surface area (Å²) < 4.78 is 14.1. The second-order valence-corrected chi connectivity index (χ2v) is 3.52. The standard InChI is InChI=1S/C10H16O5/c1-13-9(11)7-5-3-4-6-8(7)15-10(12)14-2/h7-8H,3-6H2,1-2H3. The Balaban J connectivity index is 2.57. The lowest BCUT2D eigenvalue weighted by Crippen LogP contribution is -2.35. The van der Waals surface area contributed by atoms with Crippen LogP contribution in [0.5, 0.6) is 0 Å². The highest BCUT2D eigenvalue weighted by Gasteiger charge is 2.34. The molecule has 0 radical (unpaired) electrons. The zero-order chi connectivity index (χ0) is 11.3. The van der Waals surface area contributed by atoms with Crippen molar-refractivity contribution in [1.29, 1.82) is 0 Å². The molecule has 0 aromatic heterocycles. The molecule has 1 rings (SSSR count). The molecule has 1 aliphatic carbocycles. The largest absolute Gasteiger partial charge is 0.508 e. The summed E-state index contributed by atoms with van der Waals surface area (Å²) in [6, 6.07) is 0. The van der Waals surface area contributed by atoms with Crippen molar-refractivity contribution in [3.05, 3.63) is 0 Å². The Kier molecular flexibility index (Phi) is 4.39. The zero-order valence-corrected chi connectivity index (χ0v) is 9.02. The summed E-state index contributed by atoms with van der Waals surface area (Å²) in [7, 11) is 2.59. The number of hydrogen-bond donors (Lipinski definition) is 0. The van der Waals surface area contributed by atoms with E-state index in [1.165, 1.54) is 14.2 Å². The van der Waals surface area contributed by atoms with Crippen LogP contribution in [0.25, 0.3) is 0 Å². The molecular formula is C10H16O5. The molecule has 0 N–H and O–H groups in total. The van der Waals surface area contributed by atoms with Gasteiger partial charge in [0.15, 0.2) is 0 Å². The topological polar surface area (TPSA) is 61.8 Å². The van der Waals surface area contributed by atoms with E-state index in [1.807, 2.05) is 0 Å². The first kappa shape index (κ1) is 11.8. The maximum atomic E-state index is 11.4. The second kappa shape index (κ2) is 5.58. The summed E-state index contributed by atoms with van der Waals surface area (Å²) in [5.41, 5.74) is 0. The fourth-order valence-corrected chi connectivity index (χ4v) is 1.83. The van der Waals surface area contributed by atoms with Gasteiger partial charge in [-0.1, -0.05) is 6.42 Å². The van der Waals surface area contributed by atoms with Gasteiger partial charge in [0.1, 0.15) is 6.10 Å². The first-order chi connectivity index (χ1) is 7.19. The normalized spacial score (nSPS) is 25.5. The van der Waals surface area contributed by atoms with Crippen LogP contribution in [0.15, 0.2) is 0 Å². The van der Waals surface area contributed by atoms with Crippen LogP contribution in [0, 0.1) is 5.92 Å². The first-order valence-electron chi connectivity index (χ1n) is 5.01. The van der Waals surface area contributed by atoms with Crippen LogP contribution in [0.3, 0.4) is 0 Å². The number of carbonyl (C=O) groups excluding carboxylic acids is 2. The third kappa shape index (κ3) is 3.11. The van der Waals surface area contributed by atoms with Crippen molar-refractivity contribution >= 4 is 12.1 Å². The monoisotopic (exact) mass is 216 g/mol. The predicted octanol–water partition coefficient (Wildman–Crippen LogP) is 1.50. The van der Waals surface area contributed by atoms with Crippen LogP contribution < -0.4 is 0 Å². The van der Waals surface area contributed by atoms with Crippen molar-refractivity contribution in [2.24, 2.45) is 5.92 Å². The lowest BCUT2D eigenvalue weighted by Gasteiger charge is -2.28. The van der Waals surface area contributed by atoms with E-state index in [-0.39, 0.29) is 11.9 Å². The van der Waals surface area contributed by atoms with Gasteiger partial charge in [-0.25, -0.2) is 4.79 Å². The van der Waals surface area contributed by atoms with Gasteiger partial charge in [-0.05, 0) is 19.3 Å². The van der Waals surface area contributed by atoms with E-state index >= 15 is 0 Å². The van der Waals surface area contributed by atoms with Crippen LogP contribution >= 0.6 is 0 Å². The predicted molar refractivity (Wildman–Crippen MR) is 51.3 cm³/mol. The van der Waals surface area contributed by atoms with Gasteiger partial charge in [-0.15, -0.1) is 0 Å². The maximum Gasteiger partial charge on any atom is 0.508 e. The fraction of sp³-hybridized carbons (Fsp3) is 0.800. The van der Waals surface area contributed by atoms with Crippen molar-refractivity contribution in [3.8, 4) is 0 Å². The quantitative estimate of drug-likeness (QED) is 0.654. The van der Waals surface area contributed by atoms with Crippen molar-refractivity contribution < 1.29 is 23.8 Å². The zero-order valence-electron chi connectivity index (χ0n) is 9.02. The van der Waals surface area contributed by atoms with E-state index in [0.717, 1.165) is 12.8 Å². The highest BCUT2D eigenvalue weighted by atomic mass is 16.7. The summed E-state index contributed by atoms with van der Waals surface area (Å²) in [4.78, 5) is 22.3. The molecule has 15 heavy (non-hydrogen) atoms. The highest BCUT2D eigenvalue weighted by Crippen LogP contribution is 2.28. The van der Waals surface area contributed by atoms with Crippen molar-refractivity contribution in [2.45, 2.75) is 31.8 Å². The summed E-state index contributed by atoms with van der Waals surface area (Å²) in [5.74, 6) is -0.661. The number of carbonyl (C=O) groups is 2. The summed E-state index contributed by atoms with van der Waals surface area (Å²) in [5, 5.41) is 0. The van der Waals surface area contributed by atoms with Crippen molar-refractivity contribution in [1.82, 2.24) is 0 Å². The Hall–Kier alpha value is -1.26. The number of hydrogen-bond acceptors (Lipinski definition) is 5. The molecule has 1 saturated carbocycles. The van der Waals surface area contributed by atoms with Gasteiger partial charge in [0.05, 0.1) is 20.1 Å². The van der Waals surface area contributed by atoms with Gasteiger partial charge >= 0.3 is 12.1 Å². The summed E-state index contributed by atoms with van der Waals surface area (Å²) in [6.07, 6.45) is 2.16. The highest BCUT2D eigenvalue weighted by molar-refractivity contribution is 5.73. The van der Waals surface area contributed by atoms with E-state index in [1.54, 1.807) is 0 Å². The molecule has 1 aliphatic rings. The minimum atomic E-state index is -0.740. The van der Waals surface area contributed by atoms with Crippen LogP contribution in [0.1, 0.15) is 25.7 Å². The molecule has 2 atom stereocenters. The molecule has 0 bridgehead atoms. The molecule has 0 aromatic rings. The maximum absolute atomic E-state index is 11.4. The molecule has 0 amide bonds. The number of rotatable bonds is 2. The Morgan fingerprint density at radius 2 is 1.73 bits per heavy atom. The molecular weight excluding hydrogens is 200 g/mol. The molecule has 1 fully saturated rings. The van der Waals surface area contributed by atoms with Crippen molar-refractivity contribution in [3.63, 3.8) is 0 Å². The molecule has 0 saturated heterocycles. The van der Waals surface area contributed by atoms with E-state index in [0.29, 0.717) is 12.8 Å². The molecule has 5 heteroatoms. The lowest BCUT2D eigenvalue weighted by molar-refractivity contribution is -0.151. The second-order valence-electron chi connectivity index (χ2n) is 3.52. The molecule has 0 heterocycles. The Morgan fingerprint density at radius 1 is 1.07 bits per heavy atom. The third-order valence-corrected chi connectivity index (χ3v) is 2.62. The third-order valence-electron chi connectivity index (χ3n) is 2.62. The minimum absolute atomic E-state index is 0.316. The number of methoxy groups -OCH3 is 2. The number of esters is 1. The van der Waals surface area contributed by atoms with E-state index in [9.17, 15) is 9.59 Å². The summed E-state index contributed by atoms with van der Waals surface area (Å²) >= 11 is 0. The van der Waals surface area contributed by atoms with Gasteiger partial charge in [0.25, 0.3) is 0 Å². The van der Waals surface area contributed by atoms with Crippen LogP contribution in [0.4, 0.5) is 4.79 Å². The Morgan fingerprint density at radius 3 is 2.33 bits per heavy atom. The van der Waals surface area contributed by atoms with Crippen LogP contribution in [-0.4, -0.2) is 32.4 Å². The van der Waals surface area contributed by atoms with Gasteiger partial charge < -0.3 is 14.2 Å². The van der Waals surface area contributed by atoms with Gasteiger partial charge in [0, 0.05) is 0 Å². The number of ether oxygens (including phenoxy) is 3. The minimum Gasteiger partial charge on any atom is -0.469 e. The SMILES string of the molecule is COC(=O)OC1CCCCC1C(=O)OC. The van der Waals surface area contributed by atoms with E-state index in [2.05, 4.69) is 9.47 Å². The molecule has 0 aliphatic heterocycles. The molecule has 0 spiro atoms. The summed E-state index contributed by atoms with van der Waals surface area (Å²) in [6.45, 7) is 0. The molecule has 86 valence electrons. The van der Waals surface area contributed by atoms with Gasteiger partial charge in [-0.3, -0.25) is 4.79 Å². The average Bonchev–Trinajstić information content (AvgIpc) is 2.28.